The van der Waals surface area contributed by atoms with Crippen molar-refractivity contribution in [2.45, 2.75) is 31.9 Å². The first-order valence-corrected chi connectivity index (χ1v) is 10.2. The fraction of sp³-hybridized carbons (Fsp3) is 0.588. The van der Waals surface area contributed by atoms with Gasteiger partial charge in [0.1, 0.15) is 5.82 Å². The van der Waals surface area contributed by atoms with Crippen molar-refractivity contribution < 1.29 is 13.2 Å². The highest BCUT2D eigenvalue weighted by Crippen LogP contribution is 2.23. The van der Waals surface area contributed by atoms with Crippen LogP contribution in [0.3, 0.4) is 0 Å². The molecule has 0 bridgehead atoms. The normalized spacial score (nSPS) is 19.1. The van der Waals surface area contributed by atoms with E-state index in [4.69, 9.17) is 0 Å². The molecule has 1 aromatic heterocycles. The number of aromatic nitrogens is 1. The molecule has 2 N–H and O–H groups in total. The molecular weight excluding hydrogens is 354 g/mol. The molecular formula is C17H27N5O3S. The minimum atomic E-state index is -3.10. The topological polar surface area (TPSA) is 104 Å². The van der Waals surface area contributed by atoms with Crippen LogP contribution in [0.4, 0.5) is 5.82 Å². The molecule has 2 rings (SSSR count). The second-order valence-electron chi connectivity index (χ2n) is 6.94. The predicted molar refractivity (Wildman–Crippen MR) is 103 cm³/mol. The SMILES string of the molecule is CN=C(NCCC(=O)Nc1cccc(C)n1)N1CCS(=O)(=O)C(C)(C)C1. The average molecular weight is 382 g/mol. The molecule has 1 saturated heterocycles. The maximum absolute atomic E-state index is 12.1. The van der Waals surface area contributed by atoms with Gasteiger partial charge in [-0.05, 0) is 32.9 Å². The van der Waals surface area contributed by atoms with Crippen LogP contribution in [0, 0.1) is 6.92 Å². The molecule has 0 atom stereocenters. The number of aryl methyl sites for hydroxylation is 1. The molecule has 0 radical (unpaired) electrons. The van der Waals surface area contributed by atoms with E-state index in [-0.39, 0.29) is 18.1 Å². The number of nitrogens with zero attached hydrogens (tertiary/aromatic N) is 3. The molecule has 1 amide bonds. The highest BCUT2D eigenvalue weighted by Gasteiger charge is 2.40. The number of aliphatic imine (C=N–C) groups is 1. The van der Waals surface area contributed by atoms with Crippen LogP contribution >= 0.6 is 0 Å². The molecule has 2 heterocycles. The Balaban J connectivity index is 1.85. The third kappa shape index (κ3) is 4.94. The van der Waals surface area contributed by atoms with E-state index < -0.39 is 14.6 Å². The van der Waals surface area contributed by atoms with E-state index in [9.17, 15) is 13.2 Å². The van der Waals surface area contributed by atoms with Crippen LogP contribution in [0.15, 0.2) is 23.2 Å². The minimum absolute atomic E-state index is 0.0974. The summed E-state index contributed by atoms with van der Waals surface area (Å²) in [5.41, 5.74) is 0.837. The minimum Gasteiger partial charge on any atom is -0.356 e. The number of pyridine rings is 1. The van der Waals surface area contributed by atoms with Gasteiger partial charge in [-0.2, -0.15) is 0 Å². The fourth-order valence-corrected chi connectivity index (χ4v) is 4.13. The Labute approximate surface area is 155 Å². The molecule has 0 aromatic carbocycles. The zero-order valence-electron chi connectivity index (χ0n) is 15.7. The van der Waals surface area contributed by atoms with E-state index in [1.165, 1.54) is 0 Å². The fourth-order valence-electron chi connectivity index (χ4n) is 2.76. The van der Waals surface area contributed by atoms with Gasteiger partial charge in [0.15, 0.2) is 15.8 Å². The van der Waals surface area contributed by atoms with Crippen molar-refractivity contribution >= 4 is 27.5 Å². The zero-order chi connectivity index (χ0) is 19.4. The van der Waals surface area contributed by atoms with Crippen molar-refractivity contribution in [3.8, 4) is 0 Å². The number of carbonyl (C=O) groups excluding carboxylic acids is 1. The predicted octanol–water partition coefficient (Wildman–Crippen LogP) is 0.803. The summed E-state index contributed by atoms with van der Waals surface area (Å²) in [6.45, 7) is 6.48. The number of carbonyl (C=O) groups is 1. The lowest BCUT2D eigenvalue weighted by atomic mass is 10.2. The van der Waals surface area contributed by atoms with E-state index in [0.29, 0.717) is 31.4 Å². The van der Waals surface area contributed by atoms with E-state index in [1.807, 2.05) is 24.0 Å². The Morgan fingerprint density at radius 1 is 1.38 bits per heavy atom. The van der Waals surface area contributed by atoms with Crippen molar-refractivity contribution in [1.82, 2.24) is 15.2 Å². The Bertz CT molecular complexity index is 789. The summed E-state index contributed by atoms with van der Waals surface area (Å²) in [5.74, 6) is 1.09. The lowest BCUT2D eigenvalue weighted by Crippen LogP contribution is -2.57. The highest BCUT2D eigenvalue weighted by molar-refractivity contribution is 7.92. The van der Waals surface area contributed by atoms with Gasteiger partial charge in [-0.3, -0.25) is 9.79 Å². The number of amides is 1. The zero-order valence-corrected chi connectivity index (χ0v) is 16.6. The Hall–Kier alpha value is -2.16. The summed E-state index contributed by atoms with van der Waals surface area (Å²) in [7, 11) is -1.46. The Kier molecular flexibility index (Phi) is 6.22. The third-order valence-electron chi connectivity index (χ3n) is 4.35. The van der Waals surface area contributed by atoms with Crippen LogP contribution in [0.5, 0.6) is 0 Å². The molecule has 8 nitrogen and oxygen atoms in total. The molecule has 9 heteroatoms. The smallest absolute Gasteiger partial charge is 0.227 e. The Morgan fingerprint density at radius 2 is 2.12 bits per heavy atom. The second-order valence-corrected chi connectivity index (χ2v) is 9.68. The van der Waals surface area contributed by atoms with E-state index in [2.05, 4.69) is 20.6 Å². The van der Waals surface area contributed by atoms with Crippen LogP contribution in [-0.2, 0) is 14.6 Å². The van der Waals surface area contributed by atoms with Crippen molar-refractivity contribution in [2.24, 2.45) is 4.99 Å². The molecule has 1 aliphatic rings. The van der Waals surface area contributed by atoms with Gasteiger partial charge in [0, 0.05) is 38.8 Å². The van der Waals surface area contributed by atoms with Gasteiger partial charge in [0.2, 0.25) is 5.91 Å². The van der Waals surface area contributed by atoms with E-state index in [0.717, 1.165) is 5.69 Å². The van der Waals surface area contributed by atoms with Crippen LogP contribution < -0.4 is 10.6 Å². The second kappa shape index (κ2) is 8.03. The van der Waals surface area contributed by atoms with Gasteiger partial charge in [0.25, 0.3) is 0 Å². The maximum atomic E-state index is 12.1. The first kappa shape index (κ1) is 20.2. The molecule has 1 aromatic rings. The number of anilines is 1. The lowest BCUT2D eigenvalue weighted by molar-refractivity contribution is -0.116. The van der Waals surface area contributed by atoms with Crippen LogP contribution in [0.1, 0.15) is 26.0 Å². The summed E-state index contributed by atoms with van der Waals surface area (Å²) < 4.78 is 23.4. The molecule has 26 heavy (non-hydrogen) atoms. The van der Waals surface area contributed by atoms with Gasteiger partial charge in [-0.15, -0.1) is 0 Å². The third-order valence-corrected chi connectivity index (χ3v) is 6.88. The summed E-state index contributed by atoms with van der Waals surface area (Å²) >= 11 is 0. The Morgan fingerprint density at radius 3 is 2.73 bits per heavy atom. The number of sulfone groups is 1. The monoisotopic (exact) mass is 381 g/mol. The van der Waals surface area contributed by atoms with Crippen LogP contribution in [-0.4, -0.2) is 67.4 Å². The molecule has 1 fully saturated rings. The van der Waals surface area contributed by atoms with Gasteiger partial charge < -0.3 is 15.5 Å². The average Bonchev–Trinajstić information content (AvgIpc) is 2.54. The number of hydrogen-bond donors (Lipinski definition) is 2. The number of hydrogen-bond acceptors (Lipinski definition) is 5. The van der Waals surface area contributed by atoms with Gasteiger partial charge >= 0.3 is 0 Å². The van der Waals surface area contributed by atoms with Crippen LogP contribution in [0.25, 0.3) is 0 Å². The lowest BCUT2D eigenvalue weighted by Gasteiger charge is -2.39. The van der Waals surface area contributed by atoms with E-state index in [1.54, 1.807) is 27.0 Å². The summed E-state index contributed by atoms with van der Waals surface area (Å²) in [5, 5.41) is 5.89. The maximum Gasteiger partial charge on any atom is 0.227 e. The van der Waals surface area contributed by atoms with Crippen molar-refractivity contribution in [2.75, 3.05) is 37.8 Å². The molecule has 144 valence electrons. The molecule has 0 saturated carbocycles. The number of rotatable bonds is 4. The van der Waals surface area contributed by atoms with Crippen molar-refractivity contribution in [1.29, 1.82) is 0 Å². The first-order valence-electron chi connectivity index (χ1n) is 8.56. The highest BCUT2D eigenvalue weighted by atomic mass is 32.2. The first-order chi connectivity index (χ1) is 12.1. The number of guanidine groups is 1. The van der Waals surface area contributed by atoms with E-state index >= 15 is 0 Å². The summed E-state index contributed by atoms with van der Waals surface area (Å²) in [6, 6.07) is 5.44. The molecule has 1 aliphatic heterocycles. The molecule has 0 spiro atoms. The molecule has 0 aliphatic carbocycles. The molecule has 0 unspecified atom stereocenters. The quantitative estimate of drug-likeness (QED) is 0.591. The van der Waals surface area contributed by atoms with Crippen LogP contribution in [0.2, 0.25) is 0 Å². The van der Waals surface area contributed by atoms with Gasteiger partial charge in [-0.25, -0.2) is 13.4 Å². The standard InChI is InChI=1S/C17H27N5O3S/c1-13-6-5-7-14(20-13)21-15(23)8-9-19-16(18-4)22-10-11-26(24,25)17(2,3)12-22/h5-7H,8-12H2,1-4H3,(H,18,19)(H,20,21,23). The van der Waals surface area contributed by atoms with Gasteiger partial charge in [-0.1, -0.05) is 6.07 Å². The van der Waals surface area contributed by atoms with Crippen molar-refractivity contribution in [3.63, 3.8) is 0 Å². The number of nitrogens with one attached hydrogen (secondary N) is 2. The van der Waals surface area contributed by atoms with Gasteiger partial charge in [0.05, 0.1) is 10.5 Å². The largest absolute Gasteiger partial charge is 0.356 e. The van der Waals surface area contributed by atoms with Crippen molar-refractivity contribution in [3.05, 3.63) is 23.9 Å². The summed E-state index contributed by atoms with van der Waals surface area (Å²) in [4.78, 5) is 22.4. The summed E-state index contributed by atoms with van der Waals surface area (Å²) in [6.07, 6.45) is 0.254.